The number of benzene rings is 2. The van der Waals surface area contributed by atoms with Gasteiger partial charge in [0.2, 0.25) is 0 Å². The van der Waals surface area contributed by atoms with Crippen LogP contribution in [0.4, 0.5) is 0 Å². The number of ketones is 1. The van der Waals surface area contributed by atoms with Gasteiger partial charge in [0.25, 0.3) is 0 Å². The van der Waals surface area contributed by atoms with Gasteiger partial charge in [-0.05, 0) is 35.9 Å². The highest BCUT2D eigenvalue weighted by molar-refractivity contribution is 6.31. The summed E-state index contributed by atoms with van der Waals surface area (Å²) in [7, 11) is 1.61. The molecule has 1 fully saturated rings. The molecule has 1 N–H and O–H groups in total. The fraction of sp³-hybridized carbons (Fsp3) is 0.381. The van der Waals surface area contributed by atoms with Crippen molar-refractivity contribution in [2.75, 3.05) is 46.5 Å². The maximum atomic E-state index is 12.4. The van der Waals surface area contributed by atoms with Crippen LogP contribution in [0, 0.1) is 0 Å². The van der Waals surface area contributed by atoms with Crippen molar-refractivity contribution < 1.29 is 14.3 Å². The number of morpholine rings is 1. The van der Waals surface area contributed by atoms with Gasteiger partial charge in [0.1, 0.15) is 5.75 Å². The number of nitrogens with one attached hydrogen (secondary N) is 1. The Morgan fingerprint density at radius 2 is 1.89 bits per heavy atom. The van der Waals surface area contributed by atoms with Crippen molar-refractivity contribution in [3.8, 4) is 5.75 Å². The molecule has 1 unspecified atom stereocenters. The Morgan fingerprint density at radius 1 is 1.19 bits per heavy atom. The predicted molar refractivity (Wildman–Crippen MR) is 107 cm³/mol. The van der Waals surface area contributed by atoms with Crippen molar-refractivity contribution in [1.82, 2.24) is 10.2 Å². The van der Waals surface area contributed by atoms with Crippen LogP contribution in [0.3, 0.4) is 0 Å². The summed E-state index contributed by atoms with van der Waals surface area (Å²) in [6.45, 7) is 4.05. The molecule has 2 aromatic rings. The molecule has 1 aliphatic rings. The van der Waals surface area contributed by atoms with Crippen LogP contribution < -0.4 is 10.1 Å². The molecule has 144 valence electrons. The number of Topliss-reactive ketones (excluding diaryl/α,β-unsaturated/α-hetero) is 1. The summed E-state index contributed by atoms with van der Waals surface area (Å²) >= 11 is 6.44. The molecular formula is C21H25ClN2O3. The lowest BCUT2D eigenvalue weighted by molar-refractivity contribution is 0.0162. The second kappa shape index (κ2) is 9.85. The van der Waals surface area contributed by atoms with Crippen molar-refractivity contribution in [1.29, 1.82) is 0 Å². The van der Waals surface area contributed by atoms with Crippen LogP contribution in [0.1, 0.15) is 22.0 Å². The van der Waals surface area contributed by atoms with Gasteiger partial charge in [-0.15, -0.1) is 0 Å². The Hall–Kier alpha value is -1.92. The summed E-state index contributed by atoms with van der Waals surface area (Å²) in [5.41, 5.74) is 1.74. The fourth-order valence-electron chi connectivity index (χ4n) is 3.27. The van der Waals surface area contributed by atoms with Gasteiger partial charge in [0.05, 0.1) is 26.9 Å². The van der Waals surface area contributed by atoms with E-state index in [4.69, 9.17) is 21.1 Å². The van der Waals surface area contributed by atoms with Crippen molar-refractivity contribution in [3.05, 3.63) is 64.7 Å². The average Bonchev–Trinajstić information content (AvgIpc) is 2.72. The normalized spacial score (nSPS) is 16.1. The number of halogens is 1. The molecule has 2 aromatic carbocycles. The van der Waals surface area contributed by atoms with Crippen molar-refractivity contribution >= 4 is 17.4 Å². The molecule has 6 heteroatoms. The first-order valence-corrected chi connectivity index (χ1v) is 9.51. The number of hydrogen-bond acceptors (Lipinski definition) is 5. The number of methoxy groups -OCH3 is 1. The highest BCUT2D eigenvalue weighted by Gasteiger charge is 2.24. The van der Waals surface area contributed by atoms with Crippen molar-refractivity contribution in [2.45, 2.75) is 6.04 Å². The molecule has 3 rings (SSSR count). The second-order valence-corrected chi connectivity index (χ2v) is 6.88. The fourth-order valence-corrected chi connectivity index (χ4v) is 3.53. The van der Waals surface area contributed by atoms with E-state index in [0.29, 0.717) is 25.3 Å². The second-order valence-electron chi connectivity index (χ2n) is 6.47. The average molecular weight is 389 g/mol. The zero-order valence-electron chi connectivity index (χ0n) is 15.5. The van der Waals surface area contributed by atoms with E-state index in [9.17, 15) is 4.79 Å². The van der Waals surface area contributed by atoms with Crippen LogP contribution in [-0.2, 0) is 4.74 Å². The standard InChI is InChI=1S/C21H25ClN2O3/c1-26-17-8-6-16(7-9-17)21(25)15-23-14-20(24-10-12-27-13-11-24)18-4-2-3-5-19(18)22/h2-9,20,23H,10-15H2,1H3. The monoisotopic (exact) mass is 388 g/mol. The van der Waals surface area contributed by atoms with Gasteiger partial charge >= 0.3 is 0 Å². The van der Waals surface area contributed by atoms with Gasteiger partial charge in [0.15, 0.2) is 5.78 Å². The summed E-state index contributed by atoms with van der Waals surface area (Å²) in [5.74, 6) is 0.795. The van der Waals surface area contributed by atoms with Gasteiger partial charge in [-0.3, -0.25) is 9.69 Å². The van der Waals surface area contributed by atoms with Gasteiger partial charge in [-0.2, -0.15) is 0 Å². The van der Waals surface area contributed by atoms with Gasteiger partial charge < -0.3 is 14.8 Å². The smallest absolute Gasteiger partial charge is 0.176 e. The van der Waals surface area contributed by atoms with Gasteiger partial charge in [-0.25, -0.2) is 0 Å². The molecule has 0 aliphatic carbocycles. The topological polar surface area (TPSA) is 50.8 Å². The summed E-state index contributed by atoms with van der Waals surface area (Å²) in [5, 5.41) is 4.06. The maximum Gasteiger partial charge on any atom is 0.176 e. The van der Waals surface area contributed by atoms with E-state index in [1.807, 2.05) is 18.2 Å². The molecule has 0 amide bonds. The van der Waals surface area contributed by atoms with E-state index in [-0.39, 0.29) is 18.4 Å². The zero-order chi connectivity index (χ0) is 19.1. The summed E-state index contributed by atoms with van der Waals surface area (Å²) in [4.78, 5) is 14.8. The molecule has 0 radical (unpaired) electrons. The van der Waals surface area contributed by atoms with Crippen LogP contribution in [0.15, 0.2) is 48.5 Å². The quantitative estimate of drug-likeness (QED) is 0.704. The lowest BCUT2D eigenvalue weighted by atomic mass is 10.0. The molecule has 0 bridgehead atoms. The molecule has 1 aliphatic heterocycles. The Balaban J connectivity index is 1.63. The lowest BCUT2D eigenvalue weighted by Gasteiger charge is -2.35. The van der Waals surface area contributed by atoms with Crippen LogP contribution >= 0.6 is 11.6 Å². The molecule has 0 saturated carbocycles. The van der Waals surface area contributed by atoms with E-state index in [1.54, 1.807) is 31.4 Å². The number of nitrogens with zero attached hydrogens (tertiary/aromatic N) is 1. The van der Waals surface area contributed by atoms with Crippen molar-refractivity contribution in [2.24, 2.45) is 0 Å². The van der Waals surface area contributed by atoms with Crippen LogP contribution in [0.25, 0.3) is 0 Å². The minimum absolute atomic E-state index is 0.0533. The van der Waals surface area contributed by atoms with E-state index < -0.39 is 0 Å². The molecule has 1 saturated heterocycles. The molecular weight excluding hydrogens is 364 g/mol. The van der Waals surface area contributed by atoms with Crippen LogP contribution in [0.2, 0.25) is 5.02 Å². The Kier molecular flexibility index (Phi) is 7.24. The maximum absolute atomic E-state index is 12.4. The third-order valence-corrected chi connectivity index (χ3v) is 5.13. The number of ether oxygens (including phenoxy) is 2. The van der Waals surface area contributed by atoms with Crippen LogP contribution in [-0.4, -0.2) is 57.2 Å². The minimum Gasteiger partial charge on any atom is -0.497 e. The molecule has 0 aromatic heterocycles. The summed E-state index contributed by atoms with van der Waals surface area (Å²) < 4.78 is 10.6. The van der Waals surface area contributed by atoms with Gasteiger partial charge in [-0.1, -0.05) is 29.8 Å². The highest BCUT2D eigenvalue weighted by atomic mass is 35.5. The molecule has 1 atom stereocenters. The Labute approximate surface area is 165 Å². The first-order valence-electron chi connectivity index (χ1n) is 9.13. The van der Waals surface area contributed by atoms with Crippen LogP contribution in [0.5, 0.6) is 5.75 Å². The highest BCUT2D eigenvalue weighted by Crippen LogP contribution is 2.27. The number of carbonyl (C=O) groups excluding carboxylic acids is 1. The first-order chi connectivity index (χ1) is 13.2. The molecule has 5 nitrogen and oxygen atoms in total. The largest absolute Gasteiger partial charge is 0.497 e. The summed E-state index contributed by atoms with van der Waals surface area (Å²) in [6.07, 6.45) is 0. The molecule has 0 spiro atoms. The Bertz CT molecular complexity index is 745. The van der Waals surface area contributed by atoms with E-state index >= 15 is 0 Å². The minimum atomic E-state index is 0.0533. The summed E-state index contributed by atoms with van der Waals surface area (Å²) in [6, 6.07) is 15.2. The number of hydrogen-bond donors (Lipinski definition) is 1. The number of rotatable bonds is 8. The lowest BCUT2D eigenvalue weighted by Crippen LogP contribution is -2.43. The third-order valence-electron chi connectivity index (χ3n) is 4.79. The first kappa shape index (κ1) is 19.8. The molecule has 27 heavy (non-hydrogen) atoms. The van der Waals surface area contributed by atoms with E-state index in [1.165, 1.54) is 0 Å². The predicted octanol–water partition coefficient (Wildman–Crippen LogP) is 3.19. The van der Waals surface area contributed by atoms with E-state index in [2.05, 4.69) is 16.3 Å². The zero-order valence-corrected chi connectivity index (χ0v) is 16.2. The third kappa shape index (κ3) is 5.30. The van der Waals surface area contributed by atoms with Gasteiger partial charge in [0, 0.05) is 36.3 Å². The molecule has 1 heterocycles. The Morgan fingerprint density at radius 3 is 2.56 bits per heavy atom. The van der Waals surface area contributed by atoms with E-state index in [0.717, 1.165) is 29.4 Å². The van der Waals surface area contributed by atoms with Crippen molar-refractivity contribution in [3.63, 3.8) is 0 Å². The SMILES string of the molecule is COc1ccc(C(=O)CNCC(c2ccccc2Cl)N2CCOCC2)cc1. The number of carbonyl (C=O) groups is 1.